The van der Waals surface area contributed by atoms with Crippen molar-refractivity contribution < 1.29 is 22.4 Å². The number of likely N-dealkylation sites (N-methyl/N-ethyl adjacent to an activating group) is 1. The predicted octanol–water partition coefficient (Wildman–Crippen LogP) is 10.0. The van der Waals surface area contributed by atoms with E-state index < -0.39 is 23.5 Å². The summed E-state index contributed by atoms with van der Waals surface area (Å²) < 4.78 is 56.2. The Morgan fingerprint density at radius 1 is 1.09 bits per heavy atom. The molecule has 2 aliphatic rings. The molecule has 0 fully saturated rings. The molecule has 2 unspecified atom stereocenters. The van der Waals surface area contributed by atoms with Crippen LogP contribution in [-0.4, -0.2) is 28.2 Å². The van der Waals surface area contributed by atoms with E-state index in [9.17, 15) is 18.0 Å². The normalized spacial score (nSPS) is 16.4. The minimum atomic E-state index is -4.60. The van der Waals surface area contributed by atoms with Crippen molar-refractivity contribution in [2.45, 2.75) is 86.2 Å². The van der Waals surface area contributed by atoms with Crippen LogP contribution in [-0.2, 0) is 6.18 Å². The van der Waals surface area contributed by atoms with Crippen LogP contribution in [0.25, 0.3) is 5.57 Å². The molecule has 0 saturated heterocycles. The maximum Gasteiger partial charge on any atom is 0.416 e. The van der Waals surface area contributed by atoms with Crippen LogP contribution in [0.3, 0.4) is 0 Å². The molecule has 0 aliphatic carbocycles. The second-order valence-electron chi connectivity index (χ2n) is 12.3. The Kier molecular flexibility index (Phi) is 11.1. The molecule has 0 bridgehead atoms. The van der Waals surface area contributed by atoms with E-state index in [1.807, 2.05) is 24.9 Å². The number of amidine groups is 1. The summed E-state index contributed by atoms with van der Waals surface area (Å²) >= 11 is 0. The van der Waals surface area contributed by atoms with Crippen LogP contribution in [0.15, 0.2) is 65.8 Å². The highest BCUT2D eigenvalue weighted by atomic mass is 19.4. The van der Waals surface area contributed by atoms with Crippen LogP contribution in [0.4, 0.5) is 29.1 Å². The molecule has 1 amide bonds. The van der Waals surface area contributed by atoms with Crippen molar-refractivity contribution in [2.24, 2.45) is 22.7 Å². The molecule has 0 spiro atoms. The number of hydrogen-bond acceptors (Lipinski definition) is 5. The summed E-state index contributed by atoms with van der Waals surface area (Å²) in [7, 11) is 0. The number of pyridine rings is 1. The van der Waals surface area contributed by atoms with Gasteiger partial charge in [0.15, 0.2) is 5.84 Å². The van der Waals surface area contributed by atoms with E-state index in [0.29, 0.717) is 29.5 Å². The van der Waals surface area contributed by atoms with Gasteiger partial charge in [0.25, 0.3) is 5.91 Å². The van der Waals surface area contributed by atoms with E-state index >= 15 is 4.39 Å². The van der Waals surface area contributed by atoms with Crippen molar-refractivity contribution in [3.63, 3.8) is 0 Å². The summed E-state index contributed by atoms with van der Waals surface area (Å²) in [5.74, 6) is -0.304. The zero-order valence-corrected chi connectivity index (χ0v) is 27.6. The highest BCUT2D eigenvalue weighted by Crippen LogP contribution is 2.46. The molecular formula is C36H45F4N5O. The summed E-state index contributed by atoms with van der Waals surface area (Å²) in [5, 5.41) is 2.40. The van der Waals surface area contributed by atoms with Crippen LogP contribution in [0.1, 0.15) is 102 Å². The Hall–Kier alpha value is -3.95. The Labute approximate surface area is 270 Å². The van der Waals surface area contributed by atoms with Crippen molar-refractivity contribution in [2.75, 3.05) is 16.8 Å². The van der Waals surface area contributed by atoms with Crippen molar-refractivity contribution in [1.29, 1.82) is 0 Å². The Balaban J connectivity index is 1.83. The monoisotopic (exact) mass is 639 g/mol. The first-order valence-corrected chi connectivity index (χ1v) is 16.3. The van der Waals surface area contributed by atoms with E-state index in [0.717, 1.165) is 79.9 Å². The summed E-state index contributed by atoms with van der Waals surface area (Å²) in [6, 6.07) is 4.30. The number of fused-ring (bicyclic) bond motifs is 2. The molecule has 0 saturated carbocycles. The van der Waals surface area contributed by atoms with Crippen LogP contribution in [0, 0.1) is 23.6 Å². The number of rotatable bonds is 13. The third-order valence-corrected chi connectivity index (χ3v) is 9.09. The lowest BCUT2D eigenvalue weighted by Crippen LogP contribution is -2.43. The molecule has 0 radical (unpaired) electrons. The zero-order valence-electron chi connectivity index (χ0n) is 27.6. The summed E-state index contributed by atoms with van der Waals surface area (Å²) in [4.78, 5) is 25.9. The molecule has 248 valence electrons. The molecule has 2 aromatic rings. The topological polar surface area (TPSA) is 60.8 Å². The number of unbranched alkanes of at least 4 members (excludes halogenated alkanes) is 1. The fourth-order valence-corrected chi connectivity index (χ4v) is 6.12. The highest BCUT2D eigenvalue weighted by molar-refractivity contribution is 6.20. The smallest absolute Gasteiger partial charge is 0.324 e. The van der Waals surface area contributed by atoms with Crippen molar-refractivity contribution in [1.82, 2.24) is 9.88 Å². The van der Waals surface area contributed by atoms with Crippen LogP contribution in [0.2, 0.25) is 0 Å². The van der Waals surface area contributed by atoms with Crippen LogP contribution < -0.4 is 10.2 Å². The first kappa shape index (κ1) is 34.9. The third-order valence-electron chi connectivity index (χ3n) is 9.09. The first-order valence-electron chi connectivity index (χ1n) is 16.3. The lowest BCUT2D eigenvalue weighted by Gasteiger charge is -2.43. The highest BCUT2D eigenvalue weighted by Gasteiger charge is 2.39. The van der Waals surface area contributed by atoms with Gasteiger partial charge in [-0.1, -0.05) is 60.5 Å². The molecule has 10 heteroatoms. The lowest BCUT2D eigenvalue weighted by atomic mass is 9.83. The molecule has 1 aromatic heterocycles. The molecule has 46 heavy (non-hydrogen) atoms. The fraction of sp³-hybridized carbons (Fsp3) is 0.472. The molecule has 6 nitrogen and oxygen atoms in total. The minimum Gasteiger partial charge on any atom is -0.324 e. The van der Waals surface area contributed by atoms with Crippen LogP contribution >= 0.6 is 0 Å². The lowest BCUT2D eigenvalue weighted by molar-refractivity contribution is -0.137. The van der Waals surface area contributed by atoms with E-state index in [1.54, 1.807) is 12.3 Å². The van der Waals surface area contributed by atoms with Gasteiger partial charge in [-0.25, -0.2) is 14.4 Å². The van der Waals surface area contributed by atoms with Crippen molar-refractivity contribution >= 4 is 28.8 Å². The van der Waals surface area contributed by atoms with E-state index in [1.165, 1.54) is 0 Å². The number of hydrogen-bond donors (Lipinski definition) is 1. The number of nitrogens with one attached hydrogen (secondary N) is 1. The van der Waals surface area contributed by atoms with Gasteiger partial charge >= 0.3 is 6.18 Å². The average molecular weight is 640 g/mol. The first-order chi connectivity index (χ1) is 21.9. The number of aromatic nitrogens is 1. The number of allylic oxidation sites excluding steroid dienone is 2. The van der Waals surface area contributed by atoms with E-state index in [2.05, 4.69) is 49.5 Å². The van der Waals surface area contributed by atoms with E-state index in [4.69, 9.17) is 4.99 Å². The van der Waals surface area contributed by atoms with Gasteiger partial charge in [-0.05, 0) is 73.8 Å². The van der Waals surface area contributed by atoms with Gasteiger partial charge in [0.1, 0.15) is 11.6 Å². The molecule has 1 aromatic carbocycles. The number of alkyl halides is 3. The number of halogens is 4. The number of benzene rings is 1. The van der Waals surface area contributed by atoms with Gasteiger partial charge in [-0.3, -0.25) is 4.79 Å². The summed E-state index contributed by atoms with van der Waals surface area (Å²) in [5.41, 5.74) is 2.42. The predicted molar refractivity (Wildman–Crippen MR) is 178 cm³/mol. The molecular weight excluding hydrogens is 594 g/mol. The van der Waals surface area contributed by atoms with Crippen molar-refractivity contribution in [3.8, 4) is 0 Å². The van der Waals surface area contributed by atoms with Gasteiger partial charge in [-0.2, -0.15) is 13.2 Å². The Bertz CT molecular complexity index is 1540. The quantitative estimate of drug-likeness (QED) is 0.222. The number of carbonyl (C=O) groups excluding carboxylic acids is 1. The number of nitrogens with zero attached hydrogens (tertiary/aromatic N) is 4. The van der Waals surface area contributed by atoms with Gasteiger partial charge in [0.05, 0.1) is 16.9 Å². The second-order valence-corrected chi connectivity index (χ2v) is 12.3. The second kappa shape index (κ2) is 14.6. The number of amides is 1. The maximum absolute atomic E-state index is 16.4. The summed E-state index contributed by atoms with van der Waals surface area (Å²) in [6.07, 6.45) is 5.99. The molecule has 4 rings (SSSR count). The minimum absolute atomic E-state index is 0.0396. The Morgan fingerprint density at radius 3 is 2.46 bits per heavy atom. The number of carbonyl (C=O) groups is 1. The molecule has 2 aliphatic heterocycles. The Morgan fingerprint density at radius 2 is 1.83 bits per heavy atom. The van der Waals surface area contributed by atoms with Gasteiger partial charge < -0.3 is 15.1 Å². The molecule has 3 heterocycles. The SMILES string of the molecule is C=C([C@H](CCCC)CC(C)CC)N1C=CN=C2C1=C(C(C)CC)c1c(F)cc(C(=O)Nc3cc(C(F)(F)F)ccn3)cc1N2CC. The molecule has 1 N–H and O–H groups in total. The zero-order chi connectivity index (χ0) is 33.8. The number of anilines is 2. The standard InChI is InChI=1S/C36H45F4N5O/c1-8-12-13-25(18-22(5)9-2)24(7)45-17-16-42-34-33(45)31(23(6)10-3)32-28(37)19-26(20-29(32)44(34)11-4)35(46)43-30-21-27(14-15-41-30)36(38,39)40/h14-17,19-23,25H,7-13,18H2,1-6H3,(H,41,43,46)/t22?,23?,25-/m1/s1. The number of aliphatic imine (C=N–C) groups is 1. The molecule has 3 atom stereocenters. The largest absolute Gasteiger partial charge is 0.416 e. The average Bonchev–Trinajstić information content (AvgIpc) is 3.04. The third kappa shape index (κ3) is 7.21. The maximum atomic E-state index is 16.4. The van der Waals surface area contributed by atoms with Crippen molar-refractivity contribution in [3.05, 3.63) is 83.3 Å². The van der Waals surface area contributed by atoms with Crippen LogP contribution in [0.5, 0.6) is 0 Å². The summed E-state index contributed by atoms with van der Waals surface area (Å²) in [6.45, 7) is 17.7. The fourth-order valence-electron chi connectivity index (χ4n) is 6.12. The van der Waals surface area contributed by atoms with Gasteiger partial charge in [0, 0.05) is 42.0 Å². The van der Waals surface area contributed by atoms with E-state index in [-0.39, 0.29) is 23.2 Å². The van der Waals surface area contributed by atoms with Gasteiger partial charge in [-0.15, -0.1) is 0 Å². The van der Waals surface area contributed by atoms with Gasteiger partial charge in [0.2, 0.25) is 0 Å².